The molecule has 1 amide bonds. The van der Waals surface area contributed by atoms with Crippen LogP contribution in [0.4, 0.5) is 14.5 Å². The highest BCUT2D eigenvalue weighted by atomic mass is 35.5. The van der Waals surface area contributed by atoms with Gasteiger partial charge in [-0.15, -0.1) is 0 Å². The van der Waals surface area contributed by atoms with Crippen LogP contribution in [0.25, 0.3) is 0 Å². The molecule has 11 heteroatoms. The van der Waals surface area contributed by atoms with E-state index in [1.807, 2.05) is 0 Å². The van der Waals surface area contributed by atoms with Crippen molar-refractivity contribution in [3.63, 3.8) is 0 Å². The molecule has 1 heterocycles. The van der Waals surface area contributed by atoms with Crippen LogP contribution >= 0.6 is 11.6 Å². The number of benzene rings is 2. The van der Waals surface area contributed by atoms with Crippen molar-refractivity contribution in [1.29, 1.82) is 0 Å². The van der Waals surface area contributed by atoms with Gasteiger partial charge in [0.1, 0.15) is 11.6 Å². The predicted octanol–water partition coefficient (Wildman–Crippen LogP) is 2.83. The van der Waals surface area contributed by atoms with Gasteiger partial charge in [0.25, 0.3) is 5.91 Å². The minimum atomic E-state index is -4.06. The number of carbonyl (C=O) groups excluding carboxylic acids is 1. The summed E-state index contributed by atoms with van der Waals surface area (Å²) in [5, 5.41) is 0.911. The molecule has 2 aromatic carbocycles. The van der Waals surface area contributed by atoms with E-state index in [0.717, 1.165) is 30.3 Å². The van der Waals surface area contributed by atoms with Crippen molar-refractivity contribution in [2.24, 2.45) is 0 Å². The first-order valence-electron chi connectivity index (χ1n) is 8.00. The maximum atomic E-state index is 14.1. The summed E-state index contributed by atoms with van der Waals surface area (Å²) >= 11 is 5.63. The third-order valence-electron chi connectivity index (χ3n) is 4.32. The van der Waals surface area contributed by atoms with Gasteiger partial charge in [0.15, 0.2) is 19.7 Å². The quantitative estimate of drug-likeness (QED) is 0.724. The Balaban J connectivity index is 1.90. The SMILES string of the molecule is O=C(Nc1ccc(F)c(Cl)c1)c1cc(S(=O)(=O)[C@H]2CCS(=O)(=O)C2)ccc1F. The molecule has 0 spiro atoms. The first kappa shape index (κ1) is 20.7. The van der Waals surface area contributed by atoms with Gasteiger partial charge in [-0.25, -0.2) is 25.6 Å². The lowest BCUT2D eigenvalue weighted by molar-refractivity contribution is 0.102. The van der Waals surface area contributed by atoms with Crippen molar-refractivity contribution in [2.75, 3.05) is 16.8 Å². The predicted molar refractivity (Wildman–Crippen MR) is 100 cm³/mol. The lowest BCUT2D eigenvalue weighted by atomic mass is 10.2. The molecule has 1 atom stereocenters. The summed E-state index contributed by atoms with van der Waals surface area (Å²) in [5.41, 5.74) is -0.465. The lowest BCUT2D eigenvalue weighted by Crippen LogP contribution is -2.23. The molecule has 1 saturated heterocycles. The summed E-state index contributed by atoms with van der Waals surface area (Å²) in [4.78, 5) is 12.0. The van der Waals surface area contributed by atoms with Crippen LogP contribution in [0.3, 0.4) is 0 Å². The van der Waals surface area contributed by atoms with E-state index >= 15 is 0 Å². The van der Waals surface area contributed by atoms with Crippen LogP contribution in [0, 0.1) is 11.6 Å². The summed E-state index contributed by atoms with van der Waals surface area (Å²) < 4.78 is 75.8. The first-order chi connectivity index (χ1) is 13.0. The van der Waals surface area contributed by atoms with E-state index in [2.05, 4.69) is 5.32 Å². The normalized spacial score (nSPS) is 18.8. The van der Waals surface area contributed by atoms with Gasteiger partial charge in [-0.2, -0.15) is 0 Å². The van der Waals surface area contributed by atoms with Gasteiger partial charge in [0, 0.05) is 5.69 Å². The summed E-state index contributed by atoms with van der Waals surface area (Å²) in [5.74, 6) is -3.38. The van der Waals surface area contributed by atoms with Crippen LogP contribution in [0.5, 0.6) is 0 Å². The van der Waals surface area contributed by atoms with Crippen molar-refractivity contribution in [3.05, 3.63) is 58.6 Å². The molecule has 0 aliphatic carbocycles. The fourth-order valence-corrected chi connectivity index (χ4v) is 7.39. The minimum Gasteiger partial charge on any atom is -0.322 e. The van der Waals surface area contributed by atoms with Crippen molar-refractivity contribution in [1.82, 2.24) is 0 Å². The molecule has 6 nitrogen and oxygen atoms in total. The maximum absolute atomic E-state index is 14.1. The monoisotopic (exact) mass is 449 g/mol. The Morgan fingerprint density at radius 2 is 1.79 bits per heavy atom. The number of sulfone groups is 2. The van der Waals surface area contributed by atoms with Crippen LogP contribution in [0.15, 0.2) is 41.3 Å². The van der Waals surface area contributed by atoms with E-state index in [0.29, 0.717) is 0 Å². The molecular weight excluding hydrogens is 436 g/mol. The number of nitrogens with one attached hydrogen (secondary N) is 1. The topological polar surface area (TPSA) is 97.4 Å². The Bertz CT molecular complexity index is 1170. The zero-order chi connectivity index (χ0) is 20.7. The third-order valence-corrected chi connectivity index (χ3v) is 8.78. The van der Waals surface area contributed by atoms with Gasteiger partial charge in [-0.05, 0) is 42.8 Å². The van der Waals surface area contributed by atoms with E-state index < -0.39 is 53.8 Å². The third kappa shape index (κ3) is 4.18. The van der Waals surface area contributed by atoms with Crippen molar-refractivity contribution < 1.29 is 30.4 Å². The number of anilines is 1. The Kier molecular flexibility index (Phi) is 5.48. The second-order valence-corrected chi connectivity index (χ2v) is 11.2. The van der Waals surface area contributed by atoms with E-state index in [9.17, 15) is 30.4 Å². The highest BCUT2D eigenvalue weighted by molar-refractivity contribution is 7.96. The minimum absolute atomic E-state index is 0.0579. The van der Waals surface area contributed by atoms with Gasteiger partial charge in [0.2, 0.25) is 0 Å². The highest BCUT2D eigenvalue weighted by Gasteiger charge is 2.38. The van der Waals surface area contributed by atoms with E-state index in [-0.39, 0.29) is 27.8 Å². The highest BCUT2D eigenvalue weighted by Crippen LogP contribution is 2.27. The summed E-state index contributed by atoms with van der Waals surface area (Å²) in [6.45, 7) is 0. The molecule has 3 rings (SSSR count). The Hall–Kier alpha value is -2.04. The van der Waals surface area contributed by atoms with Crippen LogP contribution in [0.1, 0.15) is 16.8 Å². The number of carbonyl (C=O) groups is 1. The molecule has 150 valence electrons. The Morgan fingerprint density at radius 3 is 2.39 bits per heavy atom. The molecule has 1 fully saturated rings. The molecular formula is C17H14ClF2NO5S2. The molecule has 1 aliphatic rings. The van der Waals surface area contributed by atoms with Gasteiger partial charge < -0.3 is 5.32 Å². The Labute approximate surface area is 165 Å². The van der Waals surface area contributed by atoms with Gasteiger partial charge in [-0.1, -0.05) is 11.6 Å². The maximum Gasteiger partial charge on any atom is 0.258 e. The van der Waals surface area contributed by atoms with Gasteiger partial charge in [-0.3, -0.25) is 4.79 Å². The Morgan fingerprint density at radius 1 is 1.11 bits per heavy atom. The average molecular weight is 450 g/mol. The van der Waals surface area contributed by atoms with E-state index in [4.69, 9.17) is 11.6 Å². The number of amides is 1. The number of halogens is 3. The second kappa shape index (κ2) is 7.41. The molecule has 1 N–H and O–H groups in total. The standard InChI is InChI=1S/C17H14ClF2NO5S2/c18-14-7-10(1-3-16(14)20)21-17(22)13-8-11(2-4-15(13)19)28(25,26)12-5-6-27(23,24)9-12/h1-4,7-8,12H,5-6,9H2,(H,21,22)/t12-/m0/s1. The summed E-state index contributed by atoms with van der Waals surface area (Å²) in [7, 11) is -7.51. The van der Waals surface area contributed by atoms with Crippen molar-refractivity contribution in [3.8, 4) is 0 Å². The van der Waals surface area contributed by atoms with Crippen LogP contribution in [-0.4, -0.2) is 39.5 Å². The van der Waals surface area contributed by atoms with E-state index in [1.165, 1.54) is 6.07 Å². The lowest BCUT2D eigenvalue weighted by Gasteiger charge is -2.12. The summed E-state index contributed by atoms with van der Waals surface area (Å²) in [6, 6.07) is 6.01. The zero-order valence-electron chi connectivity index (χ0n) is 14.2. The zero-order valence-corrected chi connectivity index (χ0v) is 16.5. The second-order valence-electron chi connectivity index (χ2n) is 6.29. The van der Waals surface area contributed by atoms with Crippen LogP contribution < -0.4 is 5.32 Å². The molecule has 0 saturated carbocycles. The largest absolute Gasteiger partial charge is 0.322 e. The smallest absolute Gasteiger partial charge is 0.258 e. The molecule has 2 aromatic rings. The fourth-order valence-electron chi connectivity index (χ4n) is 2.83. The van der Waals surface area contributed by atoms with Crippen molar-refractivity contribution >= 4 is 42.9 Å². The van der Waals surface area contributed by atoms with Crippen molar-refractivity contribution in [2.45, 2.75) is 16.6 Å². The van der Waals surface area contributed by atoms with E-state index in [1.54, 1.807) is 0 Å². The van der Waals surface area contributed by atoms with Crippen LogP contribution in [-0.2, 0) is 19.7 Å². The number of hydrogen-bond donors (Lipinski definition) is 1. The molecule has 0 unspecified atom stereocenters. The van der Waals surface area contributed by atoms with Gasteiger partial charge >= 0.3 is 0 Å². The molecule has 1 aliphatic heterocycles. The van der Waals surface area contributed by atoms with Crippen LogP contribution in [0.2, 0.25) is 5.02 Å². The summed E-state index contributed by atoms with van der Waals surface area (Å²) in [6.07, 6.45) is -0.0579. The fraction of sp³-hybridized carbons (Fsp3) is 0.235. The van der Waals surface area contributed by atoms with Gasteiger partial charge in [0.05, 0.1) is 32.2 Å². The molecule has 0 bridgehead atoms. The first-order valence-corrected chi connectivity index (χ1v) is 11.7. The average Bonchev–Trinajstić information content (AvgIpc) is 2.99. The molecule has 28 heavy (non-hydrogen) atoms. The molecule has 0 aromatic heterocycles. The number of hydrogen-bond acceptors (Lipinski definition) is 5. The molecule has 0 radical (unpaired) electrons. The number of rotatable bonds is 4.